The Bertz CT molecular complexity index is 1420. The van der Waals surface area contributed by atoms with Gasteiger partial charge in [0.15, 0.2) is 17.6 Å². The van der Waals surface area contributed by atoms with E-state index in [2.05, 4.69) is 60.6 Å². The lowest BCUT2D eigenvalue weighted by atomic mass is 10.0. The minimum absolute atomic E-state index is 0.513. The maximum absolute atomic E-state index is 6.13. The Hall–Kier alpha value is -3.77. The molecule has 1 unspecified atom stereocenters. The van der Waals surface area contributed by atoms with E-state index in [4.69, 9.17) is 25.7 Å². The third kappa shape index (κ3) is 4.58. The number of ether oxygens (including phenoxy) is 2. The number of thiophene rings is 1. The summed E-state index contributed by atoms with van der Waals surface area (Å²) in [6.45, 7) is 1.75. The molecule has 1 N–H and O–H groups in total. The molecular weight excluding hydrogens is 484 g/mol. The van der Waals surface area contributed by atoms with Crippen molar-refractivity contribution in [3.63, 3.8) is 0 Å². The summed E-state index contributed by atoms with van der Waals surface area (Å²) < 4.78 is 11.1. The highest BCUT2D eigenvalue weighted by atomic mass is 32.1. The molecular formula is C29H30N4O3S. The summed E-state index contributed by atoms with van der Waals surface area (Å²) in [5.41, 5.74) is 11.0. The molecule has 0 saturated heterocycles. The fraction of sp³-hybridized carbons (Fsp3) is 0.276. The van der Waals surface area contributed by atoms with Crippen LogP contribution < -0.4 is 19.9 Å². The second-order valence-corrected chi connectivity index (χ2v) is 10.2. The van der Waals surface area contributed by atoms with E-state index in [1.54, 1.807) is 25.6 Å². The molecule has 2 heterocycles. The number of benzene rings is 2. The van der Waals surface area contributed by atoms with Crippen LogP contribution in [-0.4, -0.2) is 59.1 Å². The monoisotopic (exact) mass is 514 g/mol. The maximum Gasteiger partial charge on any atom is 0.179 e. The summed E-state index contributed by atoms with van der Waals surface area (Å²) in [5.74, 6) is 4.11. The predicted octanol–water partition coefficient (Wildman–Crippen LogP) is 5.47. The SMILES string of the molecule is C#CC(ONc1c(N(C)CCN(C)C)ccc2c1C1=Cc3cc(OC)c(OC)cc3C1=N2)c1cccs1. The number of rotatable bonds is 10. The molecule has 0 fully saturated rings. The Balaban J connectivity index is 1.56. The van der Waals surface area contributed by atoms with E-state index in [0.29, 0.717) is 11.5 Å². The zero-order valence-electron chi connectivity index (χ0n) is 21.7. The Kier molecular flexibility index (Phi) is 6.94. The van der Waals surface area contributed by atoms with Crippen LogP contribution in [-0.2, 0) is 4.84 Å². The molecule has 2 aromatic carbocycles. The van der Waals surface area contributed by atoms with Crippen LogP contribution in [0.1, 0.15) is 27.7 Å². The second-order valence-electron chi connectivity index (χ2n) is 9.17. The van der Waals surface area contributed by atoms with Crippen LogP contribution in [0.3, 0.4) is 0 Å². The lowest BCUT2D eigenvalue weighted by molar-refractivity contribution is 0.149. The van der Waals surface area contributed by atoms with Gasteiger partial charge in [0.2, 0.25) is 0 Å². The summed E-state index contributed by atoms with van der Waals surface area (Å²) in [7, 11) is 9.51. The van der Waals surface area contributed by atoms with Crippen LogP contribution in [0, 0.1) is 12.3 Å². The van der Waals surface area contributed by atoms with Gasteiger partial charge in [0.25, 0.3) is 0 Å². The van der Waals surface area contributed by atoms with Crippen molar-refractivity contribution in [3.05, 3.63) is 63.3 Å². The standard InChI is InChI=1S/C29H30N4O3S/c1-7-23(26-9-8-14-37-26)36-31-29-22(33(4)13-12-32(2)3)11-10-21-27(29)20-15-18-16-24(34-5)25(35-6)17-19(18)28(20)30-21/h1,8-11,14-17,23,31H,12-13H2,2-6H3. The number of hydrogen-bond donors (Lipinski definition) is 1. The Morgan fingerprint density at radius 3 is 2.54 bits per heavy atom. The summed E-state index contributed by atoms with van der Waals surface area (Å²) in [6, 6.07) is 12.1. The van der Waals surface area contributed by atoms with E-state index >= 15 is 0 Å². The van der Waals surface area contributed by atoms with Gasteiger partial charge >= 0.3 is 0 Å². The molecule has 0 radical (unpaired) electrons. The molecule has 0 saturated carbocycles. The lowest BCUT2D eigenvalue weighted by Crippen LogP contribution is -2.29. The van der Waals surface area contributed by atoms with Crippen molar-refractivity contribution in [2.45, 2.75) is 6.10 Å². The molecule has 190 valence electrons. The van der Waals surface area contributed by atoms with Crippen molar-refractivity contribution < 1.29 is 14.3 Å². The Morgan fingerprint density at radius 2 is 1.86 bits per heavy atom. The van der Waals surface area contributed by atoms with Gasteiger partial charge in [0.05, 0.1) is 37.0 Å². The molecule has 3 aromatic rings. The number of anilines is 2. The molecule has 2 aliphatic rings. The summed E-state index contributed by atoms with van der Waals surface area (Å²) in [5, 5.41) is 1.99. The molecule has 1 aliphatic heterocycles. The number of fused-ring (bicyclic) bond motifs is 5. The lowest BCUT2D eigenvalue weighted by Gasteiger charge is -2.26. The molecule has 0 bridgehead atoms. The normalized spacial score (nSPS) is 13.8. The molecule has 1 aromatic heterocycles. The van der Waals surface area contributed by atoms with Crippen molar-refractivity contribution in [3.8, 4) is 23.8 Å². The van der Waals surface area contributed by atoms with Gasteiger partial charge in [0, 0.05) is 41.7 Å². The first-order valence-electron chi connectivity index (χ1n) is 12.0. The first-order valence-corrected chi connectivity index (χ1v) is 12.8. The van der Waals surface area contributed by atoms with Crippen molar-refractivity contribution in [1.29, 1.82) is 0 Å². The minimum atomic E-state index is -0.513. The molecule has 1 atom stereocenters. The van der Waals surface area contributed by atoms with Crippen molar-refractivity contribution >= 4 is 45.8 Å². The third-order valence-corrected chi connectivity index (χ3v) is 7.47. The van der Waals surface area contributed by atoms with E-state index < -0.39 is 6.10 Å². The van der Waals surface area contributed by atoms with Crippen LogP contribution >= 0.6 is 11.3 Å². The van der Waals surface area contributed by atoms with Crippen LogP contribution in [0.4, 0.5) is 17.1 Å². The number of hydrogen-bond acceptors (Lipinski definition) is 8. The van der Waals surface area contributed by atoms with Gasteiger partial charge in [0.1, 0.15) is 0 Å². The number of allylic oxidation sites excluding steroid dienone is 1. The van der Waals surface area contributed by atoms with E-state index in [1.165, 1.54) is 0 Å². The van der Waals surface area contributed by atoms with Gasteiger partial charge < -0.3 is 19.3 Å². The Labute approximate surface area is 221 Å². The van der Waals surface area contributed by atoms with E-state index in [0.717, 1.165) is 63.0 Å². The van der Waals surface area contributed by atoms with Gasteiger partial charge in [-0.3, -0.25) is 10.3 Å². The van der Waals surface area contributed by atoms with E-state index in [9.17, 15) is 0 Å². The zero-order chi connectivity index (χ0) is 26.1. The van der Waals surface area contributed by atoms with Crippen LogP contribution in [0.5, 0.6) is 11.5 Å². The number of nitrogens with one attached hydrogen (secondary N) is 1. The number of methoxy groups -OCH3 is 2. The van der Waals surface area contributed by atoms with Crippen molar-refractivity contribution in [1.82, 2.24) is 4.90 Å². The van der Waals surface area contributed by atoms with Gasteiger partial charge in [-0.25, -0.2) is 4.99 Å². The molecule has 5 rings (SSSR count). The predicted molar refractivity (Wildman–Crippen MR) is 152 cm³/mol. The highest BCUT2D eigenvalue weighted by Gasteiger charge is 2.33. The largest absolute Gasteiger partial charge is 0.493 e. The van der Waals surface area contributed by atoms with Gasteiger partial charge in [-0.1, -0.05) is 12.0 Å². The number of likely N-dealkylation sites (N-methyl/N-ethyl adjacent to an activating group) is 2. The number of terminal acetylenes is 1. The highest BCUT2D eigenvalue weighted by molar-refractivity contribution is 7.10. The van der Waals surface area contributed by atoms with Crippen LogP contribution in [0.25, 0.3) is 11.6 Å². The van der Waals surface area contributed by atoms with Crippen molar-refractivity contribution in [2.24, 2.45) is 4.99 Å². The fourth-order valence-electron chi connectivity index (χ4n) is 4.59. The molecule has 8 heteroatoms. The first-order chi connectivity index (χ1) is 17.9. The quantitative estimate of drug-likeness (QED) is 0.286. The van der Waals surface area contributed by atoms with Crippen molar-refractivity contribution in [2.75, 3.05) is 58.8 Å². The van der Waals surface area contributed by atoms with Gasteiger partial charge in [-0.15, -0.1) is 17.8 Å². The maximum atomic E-state index is 6.13. The van der Waals surface area contributed by atoms with E-state index in [-0.39, 0.29) is 0 Å². The topological polar surface area (TPSA) is 58.6 Å². The highest BCUT2D eigenvalue weighted by Crippen LogP contribution is 2.50. The average molecular weight is 515 g/mol. The third-order valence-electron chi connectivity index (χ3n) is 6.55. The smallest absolute Gasteiger partial charge is 0.179 e. The second kappa shape index (κ2) is 10.3. The average Bonchev–Trinajstić information content (AvgIpc) is 3.63. The van der Waals surface area contributed by atoms with Crippen LogP contribution in [0.15, 0.2) is 46.8 Å². The molecule has 7 nitrogen and oxygen atoms in total. The first kappa shape index (κ1) is 24.9. The molecule has 37 heavy (non-hydrogen) atoms. The summed E-state index contributed by atoms with van der Waals surface area (Å²) in [4.78, 5) is 16.5. The minimum Gasteiger partial charge on any atom is -0.493 e. The zero-order valence-corrected chi connectivity index (χ0v) is 22.5. The fourth-order valence-corrected chi connectivity index (χ4v) is 5.30. The number of nitrogens with zero attached hydrogens (tertiary/aromatic N) is 3. The van der Waals surface area contributed by atoms with Crippen LogP contribution in [0.2, 0.25) is 0 Å². The molecule has 0 spiro atoms. The molecule has 1 aliphatic carbocycles. The van der Waals surface area contributed by atoms with Gasteiger partial charge in [-0.05, 0) is 61.4 Å². The Morgan fingerprint density at radius 1 is 1.08 bits per heavy atom. The number of aliphatic imine (C=N–C) groups is 1. The van der Waals surface area contributed by atoms with Gasteiger partial charge in [-0.2, -0.15) is 0 Å². The summed E-state index contributed by atoms with van der Waals surface area (Å²) >= 11 is 1.57. The summed E-state index contributed by atoms with van der Waals surface area (Å²) in [6.07, 6.45) is 7.47. The van der Waals surface area contributed by atoms with E-state index in [1.807, 2.05) is 29.6 Å². The molecule has 0 amide bonds.